The molecule has 2 aromatic heterocycles. The number of aromatic nitrogens is 3. The number of hydrogen-bond donors (Lipinski definition) is 2. The molecule has 9 heteroatoms. The van der Waals surface area contributed by atoms with Crippen LogP contribution in [0.4, 0.5) is 20.3 Å². The van der Waals surface area contributed by atoms with Crippen molar-refractivity contribution in [1.29, 1.82) is 0 Å². The number of anilines is 2. The minimum Gasteiger partial charge on any atom is -0.382 e. The van der Waals surface area contributed by atoms with Crippen molar-refractivity contribution in [2.45, 2.75) is 45.6 Å². The number of amides is 1. The number of rotatable bonds is 10. The van der Waals surface area contributed by atoms with Crippen LogP contribution in [0.2, 0.25) is 0 Å². The van der Waals surface area contributed by atoms with Gasteiger partial charge in [0.25, 0.3) is 5.91 Å². The molecule has 2 aromatic carbocycles. The third kappa shape index (κ3) is 5.10. The van der Waals surface area contributed by atoms with E-state index in [0.29, 0.717) is 25.3 Å². The largest absolute Gasteiger partial charge is 0.382 e. The van der Waals surface area contributed by atoms with Crippen molar-refractivity contribution in [3.8, 4) is 0 Å². The van der Waals surface area contributed by atoms with Gasteiger partial charge in [-0.15, -0.1) is 0 Å². The van der Waals surface area contributed by atoms with Gasteiger partial charge in [-0.05, 0) is 37.5 Å². The Bertz CT molecular complexity index is 1380. The van der Waals surface area contributed by atoms with E-state index < -0.39 is 17.5 Å². The Kier molecular flexibility index (Phi) is 7.67. The topological polar surface area (TPSA) is 89.1 Å². The van der Waals surface area contributed by atoms with E-state index in [0.717, 1.165) is 65.6 Å². The second-order valence-electron chi connectivity index (χ2n) is 9.14. The number of nitrogens with one attached hydrogen (secondary N) is 1. The van der Waals surface area contributed by atoms with Crippen molar-refractivity contribution in [2.75, 3.05) is 31.3 Å². The predicted molar refractivity (Wildman–Crippen MR) is 140 cm³/mol. The summed E-state index contributed by atoms with van der Waals surface area (Å²) in [5.74, 6) is -0.630. The van der Waals surface area contributed by atoms with Crippen molar-refractivity contribution in [3.05, 3.63) is 59.4 Å². The highest BCUT2D eigenvalue weighted by molar-refractivity contribution is 6.06. The van der Waals surface area contributed by atoms with E-state index in [4.69, 9.17) is 10.7 Å². The van der Waals surface area contributed by atoms with Crippen molar-refractivity contribution in [2.24, 2.45) is 0 Å². The van der Waals surface area contributed by atoms with E-state index in [1.807, 2.05) is 24.3 Å². The minimum atomic E-state index is -0.766. The quantitative estimate of drug-likeness (QED) is 0.301. The van der Waals surface area contributed by atoms with Gasteiger partial charge in [-0.3, -0.25) is 4.79 Å². The number of benzene rings is 2. The summed E-state index contributed by atoms with van der Waals surface area (Å²) in [5, 5.41) is 3.78. The molecule has 0 fully saturated rings. The third-order valence-electron chi connectivity index (χ3n) is 6.26. The summed E-state index contributed by atoms with van der Waals surface area (Å²) >= 11 is 0. The Labute approximate surface area is 209 Å². The van der Waals surface area contributed by atoms with Crippen LogP contribution in [0.3, 0.4) is 0 Å². The van der Waals surface area contributed by atoms with Gasteiger partial charge >= 0.3 is 0 Å². The Balaban J connectivity index is 1.46. The van der Waals surface area contributed by atoms with Crippen LogP contribution in [0, 0.1) is 11.6 Å². The maximum atomic E-state index is 14.2. The third-order valence-corrected chi connectivity index (χ3v) is 6.26. The first-order chi connectivity index (χ1) is 17.3. The zero-order chi connectivity index (χ0) is 25.8. The molecule has 0 aliphatic carbocycles. The van der Waals surface area contributed by atoms with Crippen LogP contribution in [0.25, 0.3) is 21.9 Å². The van der Waals surface area contributed by atoms with Gasteiger partial charge in [0.15, 0.2) is 5.82 Å². The second kappa shape index (κ2) is 10.9. The van der Waals surface area contributed by atoms with E-state index in [1.54, 1.807) is 14.1 Å². The number of halogens is 2. The van der Waals surface area contributed by atoms with Crippen molar-refractivity contribution >= 4 is 39.3 Å². The molecule has 3 N–H and O–H groups in total. The average molecular weight is 495 g/mol. The molecular weight excluding hydrogens is 462 g/mol. The van der Waals surface area contributed by atoms with Crippen molar-refractivity contribution < 1.29 is 13.6 Å². The molecule has 4 rings (SSSR count). The zero-order valence-corrected chi connectivity index (χ0v) is 20.9. The van der Waals surface area contributed by atoms with Crippen LogP contribution in [0.5, 0.6) is 0 Å². The number of imidazole rings is 1. The number of nitrogens with zero attached hydrogens (tertiary/aromatic N) is 4. The van der Waals surface area contributed by atoms with Crippen LogP contribution >= 0.6 is 0 Å². The Morgan fingerprint density at radius 2 is 1.81 bits per heavy atom. The molecule has 0 aliphatic rings. The first kappa shape index (κ1) is 25.3. The molecule has 2 heterocycles. The van der Waals surface area contributed by atoms with Gasteiger partial charge in [-0.2, -0.15) is 0 Å². The fraction of sp³-hybridized carbons (Fsp3) is 0.370. The molecule has 0 unspecified atom stereocenters. The Morgan fingerprint density at radius 3 is 2.50 bits per heavy atom. The number of unbranched alkanes of at least 4 members (excludes halogenated alkanes) is 2. The van der Waals surface area contributed by atoms with Crippen LogP contribution < -0.4 is 16.0 Å². The monoisotopic (exact) mass is 494 g/mol. The Hall–Kier alpha value is -3.75. The second-order valence-corrected chi connectivity index (χ2v) is 9.14. The summed E-state index contributed by atoms with van der Waals surface area (Å²) in [5.41, 5.74) is 8.59. The number of para-hydroxylation sites is 1. The summed E-state index contributed by atoms with van der Waals surface area (Å²) in [6.45, 7) is 3.24. The van der Waals surface area contributed by atoms with Gasteiger partial charge in [-0.1, -0.05) is 31.5 Å². The molecule has 0 atom stereocenters. The maximum Gasteiger partial charge on any atom is 0.251 e. The van der Waals surface area contributed by atoms with Crippen LogP contribution in [0.1, 0.15) is 48.8 Å². The molecule has 7 nitrogen and oxygen atoms in total. The minimum absolute atomic E-state index is 0.0347. The molecule has 0 saturated heterocycles. The van der Waals surface area contributed by atoms with Crippen molar-refractivity contribution in [1.82, 2.24) is 19.9 Å². The molecule has 0 radical (unpaired) electrons. The SMILES string of the molecule is CCCCc1nc2c(N)nc3ccccc3c2n1CCCCNC(=O)c1cc(F)c(N(C)C)c(F)c1. The number of nitrogen functional groups attached to an aromatic ring is 1. The van der Waals surface area contributed by atoms with Crippen molar-refractivity contribution in [3.63, 3.8) is 0 Å². The zero-order valence-electron chi connectivity index (χ0n) is 20.9. The average Bonchev–Trinajstić information content (AvgIpc) is 3.21. The summed E-state index contributed by atoms with van der Waals surface area (Å²) < 4.78 is 30.7. The molecule has 190 valence electrons. The highest BCUT2D eigenvalue weighted by Gasteiger charge is 2.18. The first-order valence-corrected chi connectivity index (χ1v) is 12.3. The lowest BCUT2D eigenvalue weighted by Crippen LogP contribution is -2.25. The number of hydrogen-bond acceptors (Lipinski definition) is 5. The molecular formula is C27H32F2N6O. The lowest BCUT2D eigenvalue weighted by atomic mass is 10.1. The number of nitrogens with two attached hydrogens (primary N) is 1. The number of pyridine rings is 1. The molecule has 0 saturated carbocycles. The normalized spacial score (nSPS) is 11.4. The van der Waals surface area contributed by atoms with Crippen LogP contribution in [-0.4, -0.2) is 41.1 Å². The van der Waals surface area contributed by atoms with Gasteiger partial charge in [0.05, 0.1) is 11.0 Å². The highest BCUT2D eigenvalue weighted by Crippen LogP contribution is 2.29. The lowest BCUT2D eigenvalue weighted by Gasteiger charge is -2.15. The van der Waals surface area contributed by atoms with Crippen LogP contribution in [-0.2, 0) is 13.0 Å². The fourth-order valence-electron chi connectivity index (χ4n) is 4.49. The first-order valence-electron chi connectivity index (χ1n) is 12.3. The molecule has 4 aromatic rings. The van der Waals surface area contributed by atoms with Gasteiger partial charge in [0.2, 0.25) is 0 Å². The van der Waals surface area contributed by atoms with E-state index in [-0.39, 0.29) is 11.3 Å². The number of aryl methyl sites for hydroxylation is 2. The fourth-order valence-corrected chi connectivity index (χ4v) is 4.49. The van der Waals surface area contributed by atoms with Gasteiger partial charge in [0, 0.05) is 44.6 Å². The summed E-state index contributed by atoms with van der Waals surface area (Å²) in [6.07, 6.45) is 4.39. The van der Waals surface area contributed by atoms with E-state index in [9.17, 15) is 13.6 Å². The Morgan fingerprint density at radius 1 is 1.08 bits per heavy atom. The highest BCUT2D eigenvalue weighted by atomic mass is 19.1. The smallest absolute Gasteiger partial charge is 0.251 e. The number of carbonyl (C=O) groups is 1. The van der Waals surface area contributed by atoms with E-state index >= 15 is 0 Å². The lowest BCUT2D eigenvalue weighted by molar-refractivity contribution is 0.0952. The molecule has 0 bridgehead atoms. The van der Waals surface area contributed by atoms with Gasteiger partial charge in [-0.25, -0.2) is 18.7 Å². The van der Waals surface area contributed by atoms with Gasteiger partial charge < -0.3 is 20.5 Å². The maximum absolute atomic E-state index is 14.2. The van der Waals surface area contributed by atoms with Crippen LogP contribution in [0.15, 0.2) is 36.4 Å². The molecule has 0 aliphatic heterocycles. The number of carbonyl (C=O) groups excluding carboxylic acids is 1. The summed E-state index contributed by atoms with van der Waals surface area (Å²) in [4.78, 5) is 23.2. The number of fused-ring (bicyclic) bond motifs is 3. The molecule has 1 amide bonds. The predicted octanol–water partition coefficient (Wildman–Crippen LogP) is 5.06. The summed E-state index contributed by atoms with van der Waals surface area (Å²) in [6, 6.07) is 10.0. The van der Waals surface area contributed by atoms with Gasteiger partial charge in [0.1, 0.15) is 28.7 Å². The molecule has 36 heavy (non-hydrogen) atoms. The van der Waals surface area contributed by atoms with E-state index in [1.165, 1.54) is 4.90 Å². The molecule has 0 spiro atoms. The summed E-state index contributed by atoms with van der Waals surface area (Å²) in [7, 11) is 3.10. The van der Waals surface area contributed by atoms with E-state index in [2.05, 4.69) is 21.8 Å². The standard InChI is InChI=1S/C27H32F2N6O/c1-4-5-12-22-33-23-24(18-10-6-7-11-21(18)32-26(23)30)35(22)14-9-8-13-31-27(36)17-15-19(28)25(34(2)3)20(29)16-17/h6-7,10-11,15-16H,4-5,8-9,12-14H2,1-3H3,(H2,30,32)(H,31,36).